The van der Waals surface area contributed by atoms with Crippen LogP contribution in [-0.2, 0) is 13.1 Å². The van der Waals surface area contributed by atoms with Gasteiger partial charge in [-0.1, -0.05) is 48.4 Å². The zero-order valence-corrected chi connectivity index (χ0v) is 16.7. The maximum Gasteiger partial charge on any atom is 0.116 e. The fourth-order valence-corrected chi connectivity index (χ4v) is 4.15. The number of imidazole rings is 1. The van der Waals surface area contributed by atoms with Crippen molar-refractivity contribution in [1.82, 2.24) is 14.5 Å². The summed E-state index contributed by atoms with van der Waals surface area (Å²) in [6.45, 7) is 5.05. The third kappa shape index (κ3) is 4.83. The molecule has 0 fully saturated rings. The Kier molecular flexibility index (Phi) is 6.40. The van der Waals surface area contributed by atoms with Gasteiger partial charge in [0.2, 0.25) is 0 Å². The number of aromatic nitrogens is 3. The van der Waals surface area contributed by atoms with E-state index >= 15 is 0 Å². The topological polar surface area (TPSA) is 79.5 Å². The fourth-order valence-electron chi connectivity index (χ4n) is 2.68. The average Bonchev–Trinajstić information content (AvgIpc) is 2.98. The molecule has 3 rings (SSSR count). The number of rotatable bonds is 7. The molecular weight excluding hydrogens is 380 g/mol. The number of benzene rings is 1. The molecule has 0 unspecified atom stereocenters. The first-order valence-corrected chi connectivity index (χ1v) is 9.70. The van der Waals surface area contributed by atoms with Crippen LogP contribution in [-0.4, -0.2) is 14.5 Å². The molecule has 0 amide bonds. The van der Waals surface area contributed by atoms with Gasteiger partial charge >= 0.3 is 0 Å². The normalized spacial score (nSPS) is 10.8. The van der Waals surface area contributed by atoms with Crippen molar-refractivity contribution >= 4 is 23.4 Å². The highest BCUT2D eigenvalue weighted by molar-refractivity contribution is 7.99. The van der Waals surface area contributed by atoms with Crippen LogP contribution in [0.1, 0.15) is 36.8 Å². The van der Waals surface area contributed by atoms with Crippen LogP contribution >= 0.6 is 23.4 Å². The lowest BCUT2D eigenvalue weighted by Crippen LogP contribution is -2.06. The van der Waals surface area contributed by atoms with Gasteiger partial charge < -0.3 is 4.57 Å². The van der Waals surface area contributed by atoms with E-state index in [1.807, 2.05) is 36.4 Å². The van der Waals surface area contributed by atoms with Gasteiger partial charge in [-0.05, 0) is 47.3 Å². The van der Waals surface area contributed by atoms with Gasteiger partial charge in [-0.3, -0.25) is 4.98 Å². The predicted octanol–water partition coefficient (Wildman–Crippen LogP) is 6.06. The molecule has 138 valence electrons. The van der Waals surface area contributed by atoms with E-state index in [9.17, 15) is 0 Å². The van der Waals surface area contributed by atoms with E-state index in [1.54, 1.807) is 24.2 Å². The van der Waals surface area contributed by atoms with E-state index in [-0.39, 0.29) is 12.5 Å². The molecule has 2 heterocycles. The fraction of sp³-hybridized carbons (Fsp3) is 0.263. The van der Waals surface area contributed by atoms with Gasteiger partial charge in [-0.2, -0.15) is 0 Å². The van der Waals surface area contributed by atoms with Crippen LogP contribution in [0.5, 0.6) is 0 Å². The summed E-state index contributed by atoms with van der Waals surface area (Å²) in [5.74, 6) is 0.980. The van der Waals surface area contributed by atoms with Crippen molar-refractivity contribution < 1.29 is 0 Å². The maximum atomic E-state index is 8.75. The van der Waals surface area contributed by atoms with E-state index in [1.165, 1.54) is 0 Å². The number of hydrogen-bond donors (Lipinski definition) is 0. The summed E-state index contributed by atoms with van der Waals surface area (Å²) < 4.78 is 2.12. The highest BCUT2D eigenvalue weighted by Crippen LogP contribution is 2.36. The van der Waals surface area contributed by atoms with Crippen molar-refractivity contribution in [2.75, 3.05) is 0 Å². The van der Waals surface area contributed by atoms with Crippen molar-refractivity contribution in [3.8, 4) is 0 Å². The van der Waals surface area contributed by atoms with Gasteiger partial charge in [0.25, 0.3) is 0 Å². The van der Waals surface area contributed by atoms with Crippen LogP contribution in [0.25, 0.3) is 10.4 Å². The van der Waals surface area contributed by atoms with E-state index < -0.39 is 0 Å². The van der Waals surface area contributed by atoms with Crippen molar-refractivity contribution in [1.29, 1.82) is 0 Å². The second-order valence-electron chi connectivity index (χ2n) is 6.26. The largest absolute Gasteiger partial charge is 0.318 e. The monoisotopic (exact) mass is 398 g/mol. The number of hydrogen-bond acceptors (Lipinski definition) is 4. The SMILES string of the molecule is CC(C)c1nc(CN=[N+]=[N-])n(Cc2ccncc2)c1Sc1cccc(Cl)c1. The van der Waals surface area contributed by atoms with Gasteiger partial charge in [0.15, 0.2) is 0 Å². The quantitative estimate of drug-likeness (QED) is 0.275. The first-order chi connectivity index (χ1) is 13.1. The minimum atomic E-state index is 0.206. The molecule has 27 heavy (non-hydrogen) atoms. The van der Waals surface area contributed by atoms with E-state index in [2.05, 4.69) is 33.4 Å². The lowest BCUT2D eigenvalue weighted by atomic mass is 10.1. The minimum Gasteiger partial charge on any atom is -0.318 e. The second kappa shape index (κ2) is 8.95. The van der Waals surface area contributed by atoms with Gasteiger partial charge in [-0.25, -0.2) is 4.98 Å². The third-order valence-electron chi connectivity index (χ3n) is 3.95. The van der Waals surface area contributed by atoms with E-state index in [4.69, 9.17) is 22.1 Å². The van der Waals surface area contributed by atoms with Gasteiger partial charge in [-0.15, -0.1) is 0 Å². The van der Waals surface area contributed by atoms with E-state index in [0.29, 0.717) is 11.6 Å². The highest BCUT2D eigenvalue weighted by atomic mass is 35.5. The molecule has 6 nitrogen and oxygen atoms in total. The summed E-state index contributed by atoms with van der Waals surface area (Å²) in [6, 6.07) is 11.7. The minimum absolute atomic E-state index is 0.206. The number of pyridine rings is 1. The van der Waals surface area contributed by atoms with Gasteiger partial charge in [0, 0.05) is 33.8 Å². The Hall–Kier alpha value is -2.47. The van der Waals surface area contributed by atoms with Crippen molar-refractivity contribution in [3.05, 3.63) is 81.3 Å². The molecule has 0 atom stereocenters. The molecular formula is C19H19ClN6S. The standard InChI is InChI=1S/C19H19ClN6S/c1-13(2)18-19(27-16-5-3-4-15(20)10-16)26(17(24-18)11-23-25-21)12-14-6-8-22-9-7-14/h3-10,13H,11-12H2,1-2H3. The molecule has 0 bridgehead atoms. The molecule has 0 saturated heterocycles. The summed E-state index contributed by atoms with van der Waals surface area (Å²) in [6.07, 6.45) is 3.54. The lowest BCUT2D eigenvalue weighted by molar-refractivity contribution is 0.667. The number of nitrogens with zero attached hydrogens (tertiary/aromatic N) is 6. The first kappa shape index (κ1) is 19.3. The van der Waals surface area contributed by atoms with Gasteiger partial charge in [0.05, 0.1) is 12.2 Å². The van der Waals surface area contributed by atoms with Crippen molar-refractivity contribution in [3.63, 3.8) is 0 Å². The molecule has 0 aliphatic carbocycles. The maximum absolute atomic E-state index is 8.75. The van der Waals surface area contributed by atoms with Gasteiger partial charge in [0.1, 0.15) is 10.9 Å². The summed E-state index contributed by atoms with van der Waals surface area (Å²) in [5.41, 5.74) is 10.8. The van der Waals surface area contributed by atoms with E-state index in [0.717, 1.165) is 27.0 Å². The zero-order chi connectivity index (χ0) is 19.2. The summed E-state index contributed by atoms with van der Waals surface area (Å²) in [7, 11) is 0. The third-order valence-corrected chi connectivity index (χ3v) is 5.30. The molecule has 8 heteroatoms. The zero-order valence-electron chi connectivity index (χ0n) is 15.1. The summed E-state index contributed by atoms with van der Waals surface area (Å²) in [4.78, 5) is 12.8. The van der Waals surface area contributed by atoms with Crippen LogP contribution in [0.15, 0.2) is 63.8 Å². The highest BCUT2D eigenvalue weighted by Gasteiger charge is 2.20. The molecule has 0 spiro atoms. The van der Waals surface area contributed by atoms with Crippen LogP contribution in [0.4, 0.5) is 0 Å². The molecule has 0 aliphatic heterocycles. The predicted molar refractivity (Wildman–Crippen MR) is 108 cm³/mol. The number of azide groups is 1. The molecule has 0 radical (unpaired) electrons. The molecule has 1 aromatic carbocycles. The average molecular weight is 399 g/mol. The Morgan fingerprint density at radius 3 is 2.70 bits per heavy atom. The second-order valence-corrected chi connectivity index (χ2v) is 7.76. The Labute approximate surface area is 167 Å². The molecule has 0 N–H and O–H groups in total. The van der Waals surface area contributed by atoms with Crippen LogP contribution in [0.2, 0.25) is 5.02 Å². The Balaban J connectivity index is 2.09. The smallest absolute Gasteiger partial charge is 0.116 e. The summed E-state index contributed by atoms with van der Waals surface area (Å²) in [5, 5.41) is 5.46. The van der Waals surface area contributed by atoms with Crippen LogP contribution in [0.3, 0.4) is 0 Å². The van der Waals surface area contributed by atoms with Crippen molar-refractivity contribution in [2.24, 2.45) is 5.11 Å². The molecule has 3 aromatic rings. The molecule has 0 saturated carbocycles. The van der Waals surface area contributed by atoms with Crippen LogP contribution < -0.4 is 0 Å². The van der Waals surface area contributed by atoms with Crippen LogP contribution in [0, 0.1) is 0 Å². The van der Waals surface area contributed by atoms with Crippen molar-refractivity contribution in [2.45, 2.75) is 42.8 Å². The molecule has 0 aliphatic rings. The Morgan fingerprint density at radius 1 is 1.26 bits per heavy atom. The Bertz CT molecular complexity index is 964. The first-order valence-electron chi connectivity index (χ1n) is 8.51. The molecule has 2 aromatic heterocycles. The number of halogens is 1. The lowest BCUT2D eigenvalue weighted by Gasteiger charge is -2.13. The Morgan fingerprint density at radius 2 is 2.04 bits per heavy atom. The summed E-state index contributed by atoms with van der Waals surface area (Å²) >= 11 is 7.78.